The van der Waals surface area contributed by atoms with Crippen molar-refractivity contribution in [1.82, 2.24) is 0 Å². The summed E-state index contributed by atoms with van der Waals surface area (Å²) in [6, 6.07) is 11.8. The Labute approximate surface area is 112 Å². The highest BCUT2D eigenvalue weighted by atomic mass is 32.1. The van der Waals surface area contributed by atoms with Crippen LogP contribution in [0.25, 0.3) is 10.1 Å². The van der Waals surface area contributed by atoms with Gasteiger partial charge in [-0.05, 0) is 28.3 Å². The SMILES string of the molecule is O=C(OCc1csc2ccccc12)c1cccs1. The zero-order chi connectivity index (χ0) is 12.4. The van der Waals surface area contributed by atoms with Gasteiger partial charge in [0.2, 0.25) is 0 Å². The van der Waals surface area contributed by atoms with Gasteiger partial charge in [-0.15, -0.1) is 22.7 Å². The van der Waals surface area contributed by atoms with Gasteiger partial charge in [0.1, 0.15) is 11.5 Å². The smallest absolute Gasteiger partial charge is 0.348 e. The molecule has 0 radical (unpaired) electrons. The van der Waals surface area contributed by atoms with Crippen molar-refractivity contribution in [3.63, 3.8) is 0 Å². The van der Waals surface area contributed by atoms with Crippen molar-refractivity contribution < 1.29 is 9.53 Å². The van der Waals surface area contributed by atoms with Gasteiger partial charge in [-0.25, -0.2) is 4.79 Å². The molecular formula is C14H10O2S2. The maximum Gasteiger partial charge on any atom is 0.348 e. The molecule has 1 aromatic carbocycles. The van der Waals surface area contributed by atoms with Crippen molar-refractivity contribution in [3.8, 4) is 0 Å². The summed E-state index contributed by atoms with van der Waals surface area (Å²) >= 11 is 3.07. The summed E-state index contributed by atoms with van der Waals surface area (Å²) in [7, 11) is 0. The highest BCUT2D eigenvalue weighted by Crippen LogP contribution is 2.26. The Hall–Kier alpha value is -1.65. The average molecular weight is 274 g/mol. The number of hydrogen-bond donors (Lipinski definition) is 0. The predicted molar refractivity (Wildman–Crippen MR) is 75.3 cm³/mol. The first kappa shape index (κ1) is 11.4. The minimum atomic E-state index is -0.250. The molecule has 0 N–H and O–H groups in total. The summed E-state index contributed by atoms with van der Waals surface area (Å²) in [4.78, 5) is 12.4. The molecule has 0 spiro atoms. The molecule has 0 bridgehead atoms. The van der Waals surface area contributed by atoms with Crippen LogP contribution in [-0.4, -0.2) is 5.97 Å². The molecule has 0 saturated carbocycles. The van der Waals surface area contributed by atoms with Crippen LogP contribution in [0.2, 0.25) is 0 Å². The molecular weight excluding hydrogens is 264 g/mol. The maximum atomic E-state index is 11.7. The van der Waals surface area contributed by atoms with Gasteiger partial charge in [0.25, 0.3) is 0 Å². The molecule has 90 valence electrons. The summed E-state index contributed by atoms with van der Waals surface area (Å²) in [6.45, 7) is 0.334. The number of fused-ring (bicyclic) bond motifs is 1. The minimum absolute atomic E-state index is 0.250. The van der Waals surface area contributed by atoms with Gasteiger partial charge in [0.05, 0.1) is 0 Å². The second kappa shape index (κ2) is 4.92. The highest BCUT2D eigenvalue weighted by Gasteiger charge is 2.10. The van der Waals surface area contributed by atoms with Crippen molar-refractivity contribution in [2.75, 3.05) is 0 Å². The van der Waals surface area contributed by atoms with E-state index in [-0.39, 0.29) is 5.97 Å². The number of carbonyl (C=O) groups excluding carboxylic acids is 1. The van der Waals surface area contributed by atoms with Crippen LogP contribution in [0.3, 0.4) is 0 Å². The van der Waals surface area contributed by atoms with Crippen LogP contribution in [0.4, 0.5) is 0 Å². The average Bonchev–Trinajstić information content (AvgIpc) is 3.06. The van der Waals surface area contributed by atoms with Crippen LogP contribution in [0.15, 0.2) is 47.2 Å². The molecule has 0 aliphatic rings. The van der Waals surface area contributed by atoms with E-state index < -0.39 is 0 Å². The number of carbonyl (C=O) groups is 1. The Morgan fingerprint density at radius 1 is 1.11 bits per heavy atom. The molecule has 0 aliphatic carbocycles. The summed E-state index contributed by atoms with van der Waals surface area (Å²) in [5.74, 6) is -0.250. The quantitative estimate of drug-likeness (QED) is 0.665. The lowest BCUT2D eigenvalue weighted by Crippen LogP contribution is -2.02. The first-order valence-electron chi connectivity index (χ1n) is 5.50. The molecule has 0 amide bonds. The number of rotatable bonds is 3. The van der Waals surface area contributed by atoms with E-state index in [0.29, 0.717) is 11.5 Å². The van der Waals surface area contributed by atoms with E-state index in [1.54, 1.807) is 17.4 Å². The molecule has 2 aromatic heterocycles. The number of benzene rings is 1. The standard InChI is InChI=1S/C14H10O2S2/c15-14(13-6-3-7-17-13)16-8-10-9-18-12-5-2-1-4-11(10)12/h1-7,9H,8H2. The Bertz CT molecular complexity index is 668. The monoisotopic (exact) mass is 274 g/mol. The molecule has 3 rings (SSSR count). The Morgan fingerprint density at radius 3 is 2.83 bits per heavy atom. The number of ether oxygens (including phenoxy) is 1. The third-order valence-electron chi connectivity index (χ3n) is 2.64. The third-order valence-corrected chi connectivity index (χ3v) is 4.50. The highest BCUT2D eigenvalue weighted by molar-refractivity contribution is 7.17. The second-order valence-corrected chi connectivity index (χ2v) is 5.67. The topological polar surface area (TPSA) is 26.3 Å². The van der Waals surface area contributed by atoms with E-state index in [1.165, 1.54) is 21.4 Å². The normalized spacial score (nSPS) is 10.7. The van der Waals surface area contributed by atoms with Crippen molar-refractivity contribution in [2.45, 2.75) is 6.61 Å². The van der Waals surface area contributed by atoms with E-state index in [0.717, 1.165) is 5.56 Å². The summed E-state index contributed by atoms with van der Waals surface area (Å²) in [6.07, 6.45) is 0. The van der Waals surface area contributed by atoms with Crippen LogP contribution >= 0.6 is 22.7 Å². The summed E-state index contributed by atoms with van der Waals surface area (Å²) in [5, 5.41) is 5.09. The first-order valence-corrected chi connectivity index (χ1v) is 7.26. The van der Waals surface area contributed by atoms with Crippen molar-refractivity contribution in [2.24, 2.45) is 0 Å². The molecule has 0 aliphatic heterocycles. The zero-order valence-electron chi connectivity index (χ0n) is 9.46. The summed E-state index contributed by atoms with van der Waals surface area (Å²) < 4.78 is 6.54. The molecule has 0 atom stereocenters. The molecule has 3 aromatic rings. The number of thiophene rings is 2. The Morgan fingerprint density at radius 2 is 2.00 bits per heavy atom. The van der Waals surface area contributed by atoms with Crippen LogP contribution in [0, 0.1) is 0 Å². The number of esters is 1. The van der Waals surface area contributed by atoms with Crippen molar-refractivity contribution in [3.05, 3.63) is 57.6 Å². The van der Waals surface area contributed by atoms with Crippen molar-refractivity contribution >= 4 is 38.7 Å². The van der Waals surface area contributed by atoms with Gasteiger partial charge in [-0.3, -0.25) is 0 Å². The fourth-order valence-corrected chi connectivity index (χ4v) is 3.32. The van der Waals surface area contributed by atoms with Gasteiger partial charge in [0, 0.05) is 10.3 Å². The van der Waals surface area contributed by atoms with Crippen LogP contribution in [0.1, 0.15) is 15.2 Å². The minimum Gasteiger partial charge on any atom is -0.457 e. The maximum absolute atomic E-state index is 11.7. The van der Waals surface area contributed by atoms with E-state index in [2.05, 4.69) is 12.1 Å². The molecule has 4 heteroatoms. The largest absolute Gasteiger partial charge is 0.457 e. The number of hydrogen-bond acceptors (Lipinski definition) is 4. The first-order chi connectivity index (χ1) is 8.84. The lowest BCUT2D eigenvalue weighted by atomic mass is 10.2. The van der Waals surface area contributed by atoms with E-state index in [4.69, 9.17) is 4.74 Å². The predicted octanol–water partition coefficient (Wildman–Crippen LogP) is 4.32. The second-order valence-electron chi connectivity index (χ2n) is 3.81. The lowest BCUT2D eigenvalue weighted by Gasteiger charge is -2.02. The van der Waals surface area contributed by atoms with E-state index >= 15 is 0 Å². The summed E-state index contributed by atoms with van der Waals surface area (Å²) in [5.41, 5.74) is 1.07. The molecule has 0 saturated heterocycles. The van der Waals surface area contributed by atoms with Gasteiger partial charge >= 0.3 is 5.97 Å². The van der Waals surface area contributed by atoms with Crippen LogP contribution < -0.4 is 0 Å². The lowest BCUT2D eigenvalue weighted by molar-refractivity contribution is 0.0480. The molecule has 2 nitrogen and oxygen atoms in total. The third kappa shape index (κ3) is 2.17. The van der Waals surface area contributed by atoms with Gasteiger partial charge < -0.3 is 4.74 Å². The fourth-order valence-electron chi connectivity index (χ4n) is 1.75. The zero-order valence-corrected chi connectivity index (χ0v) is 11.1. The fraction of sp³-hybridized carbons (Fsp3) is 0.0714. The Balaban J connectivity index is 1.76. The van der Waals surface area contributed by atoms with Gasteiger partial charge in [-0.1, -0.05) is 24.3 Å². The molecule has 0 unspecified atom stereocenters. The van der Waals surface area contributed by atoms with Gasteiger partial charge in [-0.2, -0.15) is 0 Å². The van der Waals surface area contributed by atoms with E-state index in [9.17, 15) is 4.79 Å². The molecule has 18 heavy (non-hydrogen) atoms. The van der Waals surface area contributed by atoms with E-state index in [1.807, 2.05) is 29.0 Å². The van der Waals surface area contributed by atoms with Gasteiger partial charge in [0.15, 0.2) is 0 Å². The molecule has 0 fully saturated rings. The molecule has 2 heterocycles. The van der Waals surface area contributed by atoms with Crippen LogP contribution in [-0.2, 0) is 11.3 Å². The van der Waals surface area contributed by atoms with Crippen LogP contribution in [0.5, 0.6) is 0 Å². The Kier molecular flexibility index (Phi) is 3.13. The van der Waals surface area contributed by atoms with Crippen molar-refractivity contribution in [1.29, 1.82) is 0 Å².